The molecular formula is C16H18N4. The van der Waals surface area contributed by atoms with E-state index in [2.05, 4.69) is 41.3 Å². The van der Waals surface area contributed by atoms with Crippen molar-refractivity contribution in [2.75, 3.05) is 5.32 Å². The largest absolute Gasteiger partial charge is 0.340 e. The van der Waals surface area contributed by atoms with Crippen molar-refractivity contribution >= 4 is 11.5 Å². The van der Waals surface area contributed by atoms with Gasteiger partial charge in [-0.05, 0) is 37.0 Å². The van der Waals surface area contributed by atoms with E-state index in [-0.39, 0.29) is 0 Å². The summed E-state index contributed by atoms with van der Waals surface area (Å²) >= 11 is 0. The summed E-state index contributed by atoms with van der Waals surface area (Å²) in [5.74, 6) is 1.80. The fourth-order valence-corrected chi connectivity index (χ4v) is 1.97. The van der Waals surface area contributed by atoms with Gasteiger partial charge in [-0.2, -0.15) is 5.26 Å². The average molecular weight is 266 g/mol. The lowest BCUT2D eigenvalue weighted by Gasteiger charge is -2.11. The third-order valence-corrected chi connectivity index (χ3v) is 3.32. The lowest BCUT2D eigenvalue weighted by atomic mass is 9.99. The molecule has 1 N–H and O–H groups in total. The van der Waals surface area contributed by atoms with E-state index in [1.807, 2.05) is 18.2 Å². The standard InChI is InChI=1S/C16H18N4/c1-4-11(2)13-5-7-14(8-6-13)20-16-9-15(10-17)18-12(3)19-16/h5-9,11H,4H2,1-3H3,(H,18,19,20). The first-order chi connectivity index (χ1) is 9.62. The van der Waals surface area contributed by atoms with Crippen molar-refractivity contribution in [3.63, 3.8) is 0 Å². The van der Waals surface area contributed by atoms with Crippen LogP contribution < -0.4 is 5.32 Å². The van der Waals surface area contributed by atoms with Gasteiger partial charge in [0.25, 0.3) is 0 Å². The number of nitrogens with zero attached hydrogens (tertiary/aromatic N) is 3. The SMILES string of the molecule is CCC(C)c1ccc(Nc2cc(C#N)nc(C)n2)cc1. The van der Waals surface area contributed by atoms with Gasteiger partial charge >= 0.3 is 0 Å². The van der Waals surface area contributed by atoms with Crippen LogP contribution in [0.15, 0.2) is 30.3 Å². The molecule has 1 aromatic heterocycles. The number of aromatic nitrogens is 2. The van der Waals surface area contributed by atoms with Gasteiger partial charge in [0, 0.05) is 11.8 Å². The summed E-state index contributed by atoms with van der Waals surface area (Å²) in [4.78, 5) is 8.31. The molecule has 0 saturated heterocycles. The van der Waals surface area contributed by atoms with Gasteiger partial charge in [-0.25, -0.2) is 9.97 Å². The maximum atomic E-state index is 8.91. The molecule has 0 fully saturated rings. The molecule has 1 heterocycles. The van der Waals surface area contributed by atoms with Crippen LogP contribution in [0.2, 0.25) is 0 Å². The van der Waals surface area contributed by atoms with Crippen LogP contribution >= 0.6 is 0 Å². The van der Waals surface area contributed by atoms with Crippen LogP contribution in [0.3, 0.4) is 0 Å². The summed E-state index contributed by atoms with van der Waals surface area (Å²) in [6, 6.07) is 12.0. The molecule has 4 heteroatoms. The second kappa shape index (κ2) is 6.16. The Balaban J connectivity index is 2.18. The zero-order chi connectivity index (χ0) is 14.5. The number of aryl methyl sites for hydroxylation is 1. The predicted molar refractivity (Wildman–Crippen MR) is 79.9 cm³/mol. The second-order valence-electron chi connectivity index (χ2n) is 4.85. The number of nitrogens with one attached hydrogen (secondary N) is 1. The third kappa shape index (κ3) is 3.33. The van der Waals surface area contributed by atoms with Crippen LogP contribution in [0.5, 0.6) is 0 Å². The Morgan fingerprint density at radius 2 is 1.95 bits per heavy atom. The first-order valence-electron chi connectivity index (χ1n) is 6.75. The Bertz CT molecular complexity index is 626. The molecule has 0 aliphatic rings. The molecule has 0 saturated carbocycles. The van der Waals surface area contributed by atoms with Gasteiger partial charge in [0.15, 0.2) is 0 Å². The molecule has 102 valence electrons. The monoisotopic (exact) mass is 266 g/mol. The summed E-state index contributed by atoms with van der Waals surface area (Å²) in [7, 11) is 0. The van der Waals surface area contributed by atoms with E-state index in [0.29, 0.717) is 23.3 Å². The Morgan fingerprint density at radius 1 is 1.25 bits per heavy atom. The maximum Gasteiger partial charge on any atom is 0.146 e. The van der Waals surface area contributed by atoms with Crippen molar-refractivity contribution in [3.05, 3.63) is 47.4 Å². The molecule has 0 amide bonds. The van der Waals surface area contributed by atoms with Crippen molar-refractivity contribution in [2.45, 2.75) is 33.1 Å². The lowest BCUT2D eigenvalue weighted by molar-refractivity contribution is 0.734. The van der Waals surface area contributed by atoms with Crippen molar-refractivity contribution in [3.8, 4) is 6.07 Å². The molecule has 2 rings (SSSR count). The van der Waals surface area contributed by atoms with E-state index >= 15 is 0 Å². The second-order valence-corrected chi connectivity index (χ2v) is 4.85. The first kappa shape index (κ1) is 14.0. The number of anilines is 2. The maximum absolute atomic E-state index is 8.91. The van der Waals surface area contributed by atoms with Crippen LogP contribution in [0.25, 0.3) is 0 Å². The highest BCUT2D eigenvalue weighted by Gasteiger charge is 2.04. The van der Waals surface area contributed by atoms with Gasteiger partial charge < -0.3 is 5.32 Å². The third-order valence-electron chi connectivity index (χ3n) is 3.32. The summed E-state index contributed by atoms with van der Waals surface area (Å²) in [6.45, 7) is 6.18. The summed E-state index contributed by atoms with van der Waals surface area (Å²) in [6.07, 6.45) is 1.13. The minimum atomic E-state index is 0.372. The first-order valence-corrected chi connectivity index (χ1v) is 6.75. The zero-order valence-corrected chi connectivity index (χ0v) is 12.0. The number of nitriles is 1. The van der Waals surface area contributed by atoms with E-state index in [9.17, 15) is 0 Å². The summed E-state index contributed by atoms with van der Waals surface area (Å²) in [5, 5.41) is 12.1. The highest BCUT2D eigenvalue weighted by molar-refractivity contribution is 5.57. The number of hydrogen-bond acceptors (Lipinski definition) is 4. The van der Waals surface area contributed by atoms with Gasteiger partial charge in [-0.1, -0.05) is 26.0 Å². The predicted octanol–water partition coefficient (Wildman–Crippen LogP) is 3.91. The lowest BCUT2D eigenvalue weighted by Crippen LogP contribution is -1.99. The Labute approximate surface area is 119 Å². The molecule has 2 aromatic rings. The zero-order valence-electron chi connectivity index (χ0n) is 12.0. The molecule has 20 heavy (non-hydrogen) atoms. The number of rotatable bonds is 4. The molecular weight excluding hydrogens is 248 g/mol. The van der Waals surface area contributed by atoms with E-state index in [4.69, 9.17) is 5.26 Å². The van der Waals surface area contributed by atoms with Crippen molar-refractivity contribution < 1.29 is 0 Å². The quantitative estimate of drug-likeness (QED) is 0.911. The van der Waals surface area contributed by atoms with Crippen LogP contribution in [0.4, 0.5) is 11.5 Å². The molecule has 1 atom stereocenters. The van der Waals surface area contributed by atoms with Gasteiger partial charge in [-0.15, -0.1) is 0 Å². The Morgan fingerprint density at radius 3 is 2.55 bits per heavy atom. The van der Waals surface area contributed by atoms with Gasteiger partial charge in [-0.3, -0.25) is 0 Å². The van der Waals surface area contributed by atoms with E-state index in [1.165, 1.54) is 5.56 Å². The van der Waals surface area contributed by atoms with Gasteiger partial charge in [0.05, 0.1) is 0 Å². The summed E-state index contributed by atoms with van der Waals surface area (Å²) in [5.41, 5.74) is 2.66. The highest BCUT2D eigenvalue weighted by Crippen LogP contribution is 2.22. The molecule has 1 unspecified atom stereocenters. The molecule has 1 aromatic carbocycles. The minimum absolute atomic E-state index is 0.372. The Kier molecular flexibility index (Phi) is 4.31. The topological polar surface area (TPSA) is 61.6 Å². The van der Waals surface area contributed by atoms with Crippen LogP contribution in [-0.4, -0.2) is 9.97 Å². The number of hydrogen-bond donors (Lipinski definition) is 1. The number of benzene rings is 1. The highest BCUT2D eigenvalue weighted by atomic mass is 15.0. The van der Waals surface area contributed by atoms with Gasteiger partial charge in [0.2, 0.25) is 0 Å². The van der Waals surface area contributed by atoms with Crippen molar-refractivity contribution in [1.82, 2.24) is 9.97 Å². The molecule has 0 spiro atoms. The van der Waals surface area contributed by atoms with Gasteiger partial charge in [0.1, 0.15) is 23.4 Å². The van der Waals surface area contributed by atoms with E-state index in [0.717, 1.165) is 12.1 Å². The van der Waals surface area contributed by atoms with Crippen LogP contribution in [-0.2, 0) is 0 Å². The smallest absolute Gasteiger partial charge is 0.146 e. The van der Waals surface area contributed by atoms with Crippen LogP contribution in [0, 0.1) is 18.3 Å². The fourth-order valence-electron chi connectivity index (χ4n) is 1.97. The fraction of sp³-hybridized carbons (Fsp3) is 0.312. The summed E-state index contributed by atoms with van der Waals surface area (Å²) < 4.78 is 0. The van der Waals surface area contributed by atoms with Crippen molar-refractivity contribution in [2.24, 2.45) is 0 Å². The average Bonchev–Trinajstić information content (AvgIpc) is 2.46. The molecule has 0 radical (unpaired) electrons. The minimum Gasteiger partial charge on any atom is -0.340 e. The molecule has 4 nitrogen and oxygen atoms in total. The normalized spacial score (nSPS) is 11.7. The molecule has 0 bridgehead atoms. The van der Waals surface area contributed by atoms with E-state index < -0.39 is 0 Å². The van der Waals surface area contributed by atoms with E-state index in [1.54, 1.807) is 13.0 Å². The van der Waals surface area contributed by atoms with Crippen molar-refractivity contribution in [1.29, 1.82) is 5.26 Å². The van der Waals surface area contributed by atoms with Crippen LogP contribution in [0.1, 0.15) is 43.3 Å². The Hall–Kier alpha value is -2.41. The molecule has 0 aliphatic heterocycles. The molecule has 0 aliphatic carbocycles.